The van der Waals surface area contributed by atoms with Crippen molar-refractivity contribution in [2.24, 2.45) is 0 Å². The molecule has 2 aliphatic rings. The van der Waals surface area contributed by atoms with Crippen LogP contribution in [-0.4, -0.2) is 54.7 Å². The molecule has 8 heteroatoms. The van der Waals surface area contributed by atoms with E-state index in [-0.39, 0.29) is 0 Å². The molecule has 0 aromatic heterocycles. The van der Waals surface area contributed by atoms with Gasteiger partial charge in [0, 0.05) is 16.5 Å². The highest BCUT2D eigenvalue weighted by atomic mass is 16.7. The number of nitrogens with zero attached hydrogens (tertiary/aromatic N) is 1. The van der Waals surface area contributed by atoms with E-state index in [2.05, 4.69) is 4.74 Å². The molecule has 0 spiro atoms. The average Bonchev–Trinajstić information content (AvgIpc) is 2.89. The molecule has 0 saturated carbocycles. The number of ether oxygens (including phenoxy) is 1. The highest BCUT2D eigenvalue weighted by Gasteiger charge is 2.52. The smallest absolute Gasteiger partial charge is 0.468 e. The second-order valence-corrected chi connectivity index (χ2v) is 8.29. The first-order valence-corrected chi connectivity index (χ1v) is 9.41. The lowest BCUT2D eigenvalue weighted by Crippen LogP contribution is -2.44. The summed E-state index contributed by atoms with van der Waals surface area (Å²) in [5.41, 5.74) is 0.450. The van der Waals surface area contributed by atoms with E-state index < -0.39 is 42.6 Å². The van der Waals surface area contributed by atoms with E-state index >= 15 is 0 Å². The zero-order valence-corrected chi connectivity index (χ0v) is 17.1. The van der Waals surface area contributed by atoms with E-state index in [9.17, 15) is 14.4 Å². The van der Waals surface area contributed by atoms with Crippen LogP contribution in [0.25, 0.3) is 10.8 Å². The Morgan fingerprint density at radius 3 is 2.17 bits per heavy atom. The summed E-state index contributed by atoms with van der Waals surface area (Å²) < 4.78 is 17.0. The van der Waals surface area contributed by atoms with Crippen molar-refractivity contribution in [2.45, 2.75) is 38.9 Å². The maximum absolute atomic E-state index is 12.9. The fourth-order valence-electron chi connectivity index (χ4n) is 3.68. The van der Waals surface area contributed by atoms with Gasteiger partial charge in [-0.1, -0.05) is 18.2 Å². The topological polar surface area (TPSA) is 82.1 Å². The monoisotopic (exact) mass is 395 g/mol. The summed E-state index contributed by atoms with van der Waals surface area (Å²) in [6, 6.07) is 8.69. The van der Waals surface area contributed by atoms with Crippen LogP contribution in [0.15, 0.2) is 30.3 Å². The molecule has 2 aliphatic heterocycles. The molecule has 7 nitrogen and oxygen atoms in total. The van der Waals surface area contributed by atoms with Crippen molar-refractivity contribution in [3.63, 3.8) is 0 Å². The van der Waals surface area contributed by atoms with Crippen molar-refractivity contribution in [1.82, 2.24) is 4.90 Å². The third kappa shape index (κ3) is 2.86. The zero-order valence-electron chi connectivity index (χ0n) is 17.1. The van der Waals surface area contributed by atoms with Gasteiger partial charge < -0.3 is 14.0 Å². The number of carbonyl (C=O) groups excluding carboxylic acids is 3. The Kier molecular flexibility index (Phi) is 4.33. The van der Waals surface area contributed by atoms with E-state index in [0.717, 1.165) is 15.7 Å². The molecule has 0 radical (unpaired) electrons. The molecule has 150 valence electrons. The number of rotatable bonds is 3. The third-order valence-electron chi connectivity index (χ3n) is 6.05. The lowest BCUT2D eigenvalue weighted by Gasteiger charge is -2.32. The van der Waals surface area contributed by atoms with Gasteiger partial charge in [-0.25, -0.2) is 0 Å². The number of imide groups is 1. The highest BCUT2D eigenvalue weighted by Crippen LogP contribution is 2.38. The first-order valence-electron chi connectivity index (χ1n) is 9.41. The van der Waals surface area contributed by atoms with Gasteiger partial charge in [0.25, 0.3) is 11.8 Å². The molecule has 0 atom stereocenters. The van der Waals surface area contributed by atoms with Crippen LogP contribution in [-0.2, 0) is 18.8 Å². The Morgan fingerprint density at radius 2 is 1.59 bits per heavy atom. The SMILES string of the molecule is COC(=O)CN1C(=O)c2cccc3c(B4OC(C)(C)C(C)(C)O4)ccc(c23)C1=O. The molecule has 0 aliphatic carbocycles. The summed E-state index contributed by atoms with van der Waals surface area (Å²) >= 11 is 0. The molecule has 2 aromatic rings. The average molecular weight is 395 g/mol. The van der Waals surface area contributed by atoms with Gasteiger partial charge in [-0.2, -0.15) is 0 Å². The maximum atomic E-state index is 12.9. The summed E-state index contributed by atoms with van der Waals surface area (Å²) in [5.74, 6) is -1.70. The van der Waals surface area contributed by atoms with E-state index in [0.29, 0.717) is 16.5 Å². The van der Waals surface area contributed by atoms with Crippen molar-refractivity contribution in [3.8, 4) is 0 Å². The number of methoxy groups -OCH3 is 1. The van der Waals surface area contributed by atoms with Crippen LogP contribution in [0, 0.1) is 0 Å². The lowest BCUT2D eigenvalue weighted by atomic mass is 9.74. The Bertz CT molecular complexity index is 1020. The predicted molar refractivity (Wildman–Crippen MR) is 107 cm³/mol. The summed E-state index contributed by atoms with van der Waals surface area (Å²) in [5, 5.41) is 1.27. The molecule has 4 rings (SSSR count). The summed E-state index contributed by atoms with van der Waals surface area (Å²) in [7, 11) is 0.592. The molecule has 0 bridgehead atoms. The first-order chi connectivity index (χ1) is 13.6. The van der Waals surface area contributed by atoms with Crippen LogP contribution in [0.3, 0.4) is 0 Å². The van der Waals surface area contributed by atoms with Crippen LogP contribution >= 0.6 is 0 Å². The van der Waals surface area contributed by atoms with Crippen LogP contribution in [0.2, 0.25) is 0 Å². The number of hydrogen-bond donors (Lipinski definition) is 0. The van der Waals surface area contributed by atoms with Gasteiger partial charge in [0.2, 0.25) is 0 Å². The van der Waals surface area contributed by atoms with Gasteiger partial charge in [-0.15, -0.1) is 0 Å². The van der Waals surface area contributed by atoms with Crippen molar-refractivity contribution in [3.05, 3.63) is 41.5 Å². The van der Waals surface area contributed by atoms with Gasteiger partial charge in [-0.05, 0) is 50.7 Å². The molecule has 0 N–H and O–H groups in total. The van der Waals surface area contributed by atoms with Crippen molar-refractivity contribution in [1.29, 1.82) is 0 Å². The first kappa shape index (κ1) is 19.6. The normalized spacial score (nSPS) is 19.8. The fraction of sp³-hybridized carbons (Fsp3) is 0.381. The molecular formula is C21H22BNO6. The number of esters is 1. The van der Waals surface area contributed by atoms with Crippen LogP contribution in [0.4, 0.5) is 0 Å². The van der Waals surface area contributed by atoms with Gasteiger partial charge in [0.05, 0.1) is 18.3 Å². The molecule has 1 fully saturated rings. The number of benzene rings is 2. The van der Waals surface area contributed by atoms with Crippen LogP contribution < -0.4 is 5.46 Å². The Labute approximate surface area is 169 Å². The third-order valence-corrected chi connectivity index (χ3v) is 6.05. The summed E-state index contributed by atoms with van der Waals surface area (Å²) in [6.45, 7) is 7.44. The number of hydrogen-bond acceptors (Lipinski definition) is 6. The van der Waals surface area contributed by atoms with Crippen molar-refractivity contribution >= 4 is 41.1 Å². The minimum absolute atomic E-state index is 0.361. The quantitative estimate of drug-likeness (QED) is 0.449. The molecule has 2 heterocycles. The van der Waals surface area contributed by atoms with Crippen LogP contribution in [0.1, 0.15) is 48.4 Å². The molecule has 2 aromatic carbocycles. The van der Waals surface area contributed by atoms with Crippen molar-refractivity contribution in [2.75, 3.05) is 13.7 Å². The van der Waals surface area contributed by atoms with E-state index in [1.165, 1.54) is 7.11 Å². The number of amides is 2. The Hall–Kier alpha value is -2.71. The van der Waals surface area contributed by atoms with E-state index in [1.54, 1.807) is 24.3 Å². The second-order valence-electron chi connectivity index (χ2n) is 8.29. The minimum Gasteiger partial charge on any atom is -0.468 e. The van der Waals surface area contributed by atoms with Gasteiger partial charge in [0.1, 0.15) is 6.54 Å². The predicted octanol–water partition coefficient (Wildman–Crippen LogP) is 1.91. The molecule has 0 unspecified atom stereocenters. The lowest BCUT2D eigenvalue weighted by molar-refractivity contribution is -0.140. The maximum Gasteiger partial charge on any atom is 0.495 e. The van der Waals surface area contributed by atoms with Gasteiger partial charge in [0.15, 0.2) is 0 Å². The largest absolute Gasteiger partial charge is 0.495 e. The molecule has 29 heavy (non-hydrogen) atoms. The molecule has 1 saturated heterocycles. The molecule has 2 amide bonds. The fourth-order valence-corrected chi connectivity index (χ4v) is 3.68. The second kappa shape index (κ2) is 6.40. The number of carbonyl (C=O) groups is 3. The zero-order chi connectivity index (χ0) is 21.1. The Balaban J connectivity index is 1.84. The highest BCUT2D eigenvalue weighted by molar-refractivity contribution is 6.65. The standard InChI is InChI=1S/C21H22BNO6/c1-20(2)21(3,4)29-22(28-20)15-10-9-14-17-12(15)7-6-8-13(17)18(25)23(19(14)26)11-16(24)27-5/h6-10H,11H2,1-5H3. The summed E-state index contributed by atoms with van der Waals surface area (Å²) in [6.07, 6.45) is 0. The summed E-state index contributed by atoms with van der Waals surface area (Å²) in [4.78, 5) is 38.5. The van der Waals surface area contributed by atoms with Gasteiger partial charge >= 0.3 is 13.1 Å². The minimum atomic E-state index is -0.656. The van der Waals surface area contributed by atoms with E-state index in [4.69, 9.17) is 9.31 Å². The van der Waals surface area contributed by atoms with E-state index in [1.807, 2.05) is 33.8 Å². The van der Waals surface area contributed by atoms with Crippen LogP contribution in [0.5, 0.6) is 0 Å². The Morgan fingerprint density at radius 1 is 1.00 bits per heavy atom. The van der Waals surface area contributed by atoms with Gasteiger partial charge in [-0.3, -0.25) is 19.3 Å². The van der Waals surface area contributed by atoms with Crippen molar-refractivity contribution < 1.29 is 28.4 Å². The molecular weight excluding hydrogens is 373 g/mol.